The van der Waals surface area contributed by atoms with E-state index in [0.717, 1.165) is 6.42 Å². The molecule has 0 bridgehead atoms. The first-order valence-electron chi connectivity index (χ1n) is 4.92. The molecular weight excluding hydrogens is 160 g/mol. The van der Waals surface area contributed by atoms with Crippen molar-refractivity contribution in [2.24, 2.45) is 0 Å². The number of hydrogen-bond donors (Lipinski definition) is 1. The highest BCUT2D eigenvalue weighted by Crippen LogP contribution is 2.12. The SMILES string of the molecule is CCCC[CH]Cc1ccc(O)cc1. The molecule has 0 unspecified atom stereocenters. The Balaban J connectivity index is 2.25. The van der Waals surface area contributed by atoms with Gasteiger partial charge < -0.3 is 5.11 Å². The van der Waals surface area contributed by atoms with E-state index in [0.29, 0.717) is 5.75 Å². The fraction of sp³-hybridized carbons (Fsp3) is 0.417. The number of rotatable bonds is 5. The molecule has 0 heterocycles. The van der Waals surface area contributed by atoms with Gasteiger partial charge in [0.1, 0.15) is 5.75 Å². The van der Waals surface area contributed by atoms with Gasteiger partial charge in [0.25, 0.3) is 0 Å². The van der Waals surface area contributed by atoms with E-state index in [1.165, 1.54) is 24.8 Å². The van der Waals surface area contributed by atoms with Crippen molar-refractivity contribution < 1.29 is 5.11 Å². The van der Waals surface area contributed by atoms with E-state index in [1.807, 2.05) is 12.1 Å². The molecule has 0 saturated heterocycles. The van der Waals surface area contributed by atoms with Gasteiger partial charge in [-0.2, -0.15) is 0 Å². The average Bonchev–Trinajstić information content (AvgIpc) is 2.15. The van der Waals surface area contributed by atoms with E-state index in [4.69, 9.17) is 5.11 Å². The standard InChI is InChI=1S/C12H17O/c1-2-3-4-5-6-11-7-9-12(13)10-8-11/h5,7-10,13H,2-4,6H2,1H3. The predicted molar refractivity (Wildman–Crippen MR) is 55.6 cm³/mol. The molecule has 1 radical (unpaired) electrons. The van der Waals surface area contributed by atoms with Crippen molar-refractivity contribution in [3.05, 3.63) is 36.2 Å². The largest absolute Gasteiger partial charge is 0.508 e. The highest BCUT2D eigenvalue weighted by molar-refractivity contribution is 5.26. The molecule has 1 N–H and O–H groups in total. The van der Waals surface area contributed by atoms with E-state index >= 15 is 0 Å². The molecule has 0 aromatic heterocycles. The Labute approximate surface area is 80.4 Å². The average molecular weight is 177 g/mol. The number of benzene rings is 1. The first-order chi connectivity index (χ1) is 6.33. The first kappa shape index (κ1) is 10.1. The van der Waals surface area contributed by atoms with E-state index in [2.05, 4.69) is 13.3 Å². The van der Waals surface area contributed by atoms with Crippen LogP contribution in [0.25, 0.3) is 0 Å². The molecule has 0 fully saturated rings. The molecule has 0 saturated carbocycles. The summed E-state index contributed by atoms with van der Waals surface area (Å²) in [5, 5.41) is 9.06. The second-order valence-corrected chi connectivity index (χ2v) is 3.30. The molecule has 0 aliphatic carbocycles. The molecule has 1 heteroatoms. The molecule has 0 aliphatic rings. The molecule has 1 aromatic rings. The molecular formula is C12H17O. The van der Waals surface area contributed by atoms with Crippen LogP contribution in [-0.2, 0) is 6.42 Å². The van der Waals surface area contributed by atoms with Gasteiger partial charge in [-0.1, -0.05) is 31.9 Å². The van der Waals surface area contributed by atoms with E-state index in [9.17, 15) is 0 Å². The molecule has 0 atom stereocenters. The minimum atomic E-state index is 0.345. The van der Waals surface area contributed by atoms with Gasteiger partial charge in [0.15, 0.2) is 0 Å². The van der Waals surface area contributed by atoms with E-state index < -0.39 is 0 Å². The summed E-state index contributed by atoms with van der Waals surface area (Å²) in [5.74, 6) is 0.345. The van der Waals surface area contributed by atoms with Gasteiger partial charge in [0.2, 0.25) is 0 Å². The lowest BCUT2D eigenvalue weighted by molar-refractivity contribution is 0.475. The molecule has 13 heavy (non-hydrogen) atoms. The van der Waals surface area contributed by atoms with Crippen molar-refractivity contribution in [3.8, 4) is 5.75 Å². The maximum absolute atomic E-state index is 9.06. The Morgan fingerprint density at radius 2 is 1.92 bits per heavy atom. The van der Waals surface area contributed by atoms with Crippen LogP contribution >= 0.6 is 0 Å². The Kier molecular flexibility index (Phi) is 4.37. The van der Waals surface area contributed by atoms with Gasteiger partial charge in [0, 0.05) is 0 Å². The van der Waals surface area contributed by atoms with Crippen LogP contribution in [0, 0.1) is 6.42 Å². The van der Waals surface area contributed by atoms with Crippen molar-refractivity contribution in [3.63, 3.8) is 0 Å². The Hall–Kier alpha value is -0.980. The quantitative estimate of drug-likeness (QED) is 0.684. The van der Waals surface area contributed by atoms with Crippen molar-refractivity contribution in [2.45, 2.75) is 32.6 Å². The summed E-state index contributed by atoms with van der Waals surface area (Å²) in [6, 6.07) is 7.42. The summed E-state index contributed by atoms with van der Waals surface area (Å²) in [6.07, 6.45) is 7.04. The minimum Gasteiger partial charge on any atom is -0.508 e. The summed E-state index contributed by atoms with van der Waals surface area (Å²) >= 11 is 0. The minimum absolute atomic E-state index is 0.345. The van der Waals surface area contributed by atoms with Gasteiger partial charge in [-0.15, -0.1) is 0 Å². The molecule has 0 amide bonds. The third-order valence-electron chi connectivity index (χ3n) is 2.08. The first-order valence-corrected chi connectivity index (χ1v) is 4.92. The lowest BCUT2D eigenvalue weighted by atomic mass is 10.1. The van der Waals surface area contributed by atoms with Crippen LogP contribution in [0.4, 0.5) is 0 Å². The van der Waals surface area contributed by atoms with Gasteiger partial charge in [-0.3, -0.25) is 0 Å². The summed E-state index contributed by atoms with van der Waals surface area (Å²) in [6.45, 7) is 2.20. The topological polar surface area (TPSA) is 20.2 Å². The Bertz CT molecular complexity index is 225. The van der Waals surface area contributed by atoms with Gasteiger partial charge in [-0.05, 0) is 37.0 Å². The second kappa shape index (κ2) is 5.63. The number of phenolic OH excluding ortho intramolecular Hbond substituents is 1. The molecule has 1 rings (SSSR count). The van der Waals surface area contributed by atoms with Crippen molar-refractivity contribution in [1.82, 2.24) is 0 Å². The third-order valence-corrected chi connectivity index (χ3v) is 2.08. The van der Waals surface area contributed by atoms with Crippen LogP contribution in [0.2, 0.25) is 0 Å². The highest BCUT2D eigenvalue weighted by Gasteiger charge is 1.93. The van der Waals surface area contributed by atoms with E-state index in [1.54, 1.807) is 12.1 Å². The Morgan fingerprint density at radius 1 is 1.23 bits per heavy atom. The van der Waals surface area contributed by atoms with Gasteiger partial charge in [0.05, 0.1) is 0 Å². The summed E-state index contributed by atoms with van der Waals surface area (Å²) < 4.78 is 0. The Morgan fingerprint density at radius 3 is 2.54 bits per heavy atom. The lowest BCUT2D eigenvalue weighted by Gasteiger charge is -2.00. The summed E-state index contributed by atoms with van der Waals surface area (Å²) in [5.41, 5.74) is 1.27. The van der Waals surface area contributed by atoms with Gasteiger partial charge >= 0.3 is 0 Å². The molecule has 1 nitrogen and oxygen atoms in total. The zero-order valence-corrected chi connectivity index (χ0v) is 8.16. The van der Waals surface area contributed by atoms with Crippen LogP contribution in [0.5, 0.6) is 5.75 Å². The predicted octanol–water partition coefficient (Wildman–Crippen LogP) is 3.33. The monoisotopic (exact) mass is 177 g/mol. The summed E-state index contributed by atoms with van der Waals surface area (Å²) in [7, 11) is 0. The maximum Gasteiger partial charge on any atom is 0.115 e. The lowest BCUT2D eigenvalue weighted by Crippen LogP contribution is -1.85. The number of hydrogen-bond acceptors (Lipinski definition) is 1. The van der Waals surface area contributed by atoms with Crippen LogP contribution < -0.4 is 0 Å². The summed E-state index contributed by atoms with van der Waals surface area (Å²) in [4.78, 5) is 0. The second-order valence-electron chi connectivity index (χ2n) is 3.30. The van der Waals surface area contributed by atoms with Crippen molar-refractivity contribution >= 4 is 0 Å². The van der Waals surface area contributed by atoms with Crippen LogP contribution in [0.3, 0.4) is 0 Å². The number of phenols is 1. The molecule has 1 aromatic carbocycles. The number of unbranched alkanes of at least 4 members (excludes halogenated alkanes) is 3. The van der Waals surface area contributed by atoms with Crippen LogP contribution in [0.15, 0.2) is 24.3 Å². The van der Waals surface area contributed by atoms with Crippen molar-refractivity contribution in [1.29, 1.82) is 0 Å². The smallest absolute Gasteiger partial charge is 0.115 e. The normalized spacial score (nSPS) is 10.2. The molecule has 0 spiro atoms. The fourth-order valence-corrected chi connectivity index (χ4v) is 1.25. The van der Waals surface area contributed by atoms with Gasteiger partial charge in [-0.25, -0.2) is 0 Å². The zero-order chi connectivity index (χ0) is 9.52. The van der Waals surface area contributed by atoms with E-state index in [-0.39, 0.29) is 0 Å². The van der Waals surface area contributed by atoms with Crippen LogP contribution in [0.1, 0.15) is 31.7 Å². The third kappa shape index (κ3) is 3.97. The fourth-order valence-electron chi connectivity index (χ4n) is 1.25. The van der Waals surface area contributed by atoms with Crippen molar-refractivity contribution in [2.75, 3.05) is 0 Å². The maximum atomic E-state index is 9.06. The highest BCUT2D eigenvalue weighted by atomic mass is 16.3. The van der Waals surface area contributed by atoms with Crippen LogP contribution in [-0.4, -0.2) is 5.11 Å². The number of aromatic hydroxyl groups is 1. The molecule has 0 aliphatic heterocycles. The molecule has 71 valence electrons. The zero-order valence-electron chi connectivity index (χ0n) is 8.16.